The summed E-state index contributed by atoms with van der Waals surface area (Å²) in [7, 11) is 0. The molecule has 0 saturated heterocycles. The summed E-state index contributed by atoms with van der Waals surface area (Å²) in [4.78, 5) is 25.9. The van der Waals surface area contributed by atoms with Gasteiger partial charge in [-0.05, 0) is 75.9 Å². The minimum Gasteiger partial charge on any atom is -0.428 e. The Morgan fingerprint density at radius 3 is 1.17 bits per heavy atom. The van der Waals surface area contributed by atoms with Gasteiger partial charge < -0.3 is 18.9 Å². The summed E-state index contributed by atoms with van der Waals surface area (Å²) < 4.78 is 22.8. The first kappa shape index (κ1) is 28.0. The molecule has 0 spiro atoms. The van der Waals surface area contributed by atoms with Crippen LogP contribution in [-0.4, -0.2) is 23.5 Å². The van der Waals surface area contributed by atoms with Crippen LogP contribution < -0.4 is 9.47 Å². The minimum absolute atomic E-state index is 0.334. The van der Waals surface area contributed by atoms with E-state index in [0.717, 1.165) is 22.3 Å². The quantitative estimate of drug-likeness (QED) is 0.165. The summed E-state index contributed by atoms with van der Waals surface area (Å²) in [6.07, 6.45) is -1.61. The molecule has 0 fully saturated rings. The predicted molar refractivity (Wildman–Crippen MR) is 157 cm³/mol. The Kier molecular flexibility index (Phi) is 7.12. The number of fused-ring (bicyclic) bond motifs is 3. The molecule has 4 aromatic rings. The fraction of sp³-hybridized carbons (Fsp3) is 0.257. The van der Waals surface area contributed by atoms with E-state index in [4.69, 9.17) is 18.9 Å². The van der Waals surface area contributed by atoms with Gasteiger partial charge in [0.05, 0.1) is 5.41 Å². The number of ether oxygens (including phenoxy) is 4. The van der Waals surface area contributed by atoms with Crippen molar-refractivity contribution in [3.05, 3.63) is 119 Å². The van der Waals surface area contributed by atoms with Crippen LogP contribution in [0.5, 0.6) is 11.5 Å². The largest absolute Gasteiger partial charge is 0.514 e. The van der Waals surface area contributed by atoms with Gasteiger partial charge in [0.25, 0.3) is 0 Å². The summed E-state index contributed by atoms with van der Waals surface area (Å²) in [5, 5.41) is 0. The van der Waals surface area contributed by atoms with Crippen LogP contribution in [0.25, 0.3) is 11.1 Å². The van der Waals surface area contributed by atoms with Gasteiger partial charge in [-0.1, -0.05) is 84.9 Å². The smallest absolute Gasteiger partial charge is 0.428 e. The van der Waals surface area contributed by atoms with E-state index in [2.05, 4.69) is 24.3 Å². The molecule has 0 aromatic heterocycles. The first-order valence-corrected chi connectivity index (χ1v) is 13.6. The molecular formula is C35H34O6. The number of benzene rings is 4. The van der Waals surface area contributed by atoms with Gasteiger partial charge in [-0.25, -0.2) is 9.59 Å². The van der Waals surface area contributed by atoms with E-state index in [1.807, 2.05) is 60.7 Å². The van der Waals surface area contributed by atoms with Crippen LogP contribution in [-0.2, 0) is 14.9 Å². The van der Waals surface area contributed by atoms with Crippen LogP contribution in [0.2, 0.25) is 0 Å². The van der Waals surface area contributed by atoms with E-state index in [1.54, 1.807) is 53.7 Å². The molecule has 41 heavy (non-hydrogen) atoms. The highest BCUT2D eigenvalue weighted by atomic mass is 16.7. The molecular weight excluding hydrogens is 516 g/mol. The molecule has 1 aliphatic carbocycles. The van der Waals surface area contributed by atoms with Gasteiger partial charge in [0.15, 0.2) is 0 Å². The number of carbonyl (C=O) groups is 2. The van der Waals surface area contributed by atoms with E-state index in [0.29, 0.717) is 22.6 Å². The maximum absolute atomic E-state index is 12.9. The second kappa shape index (κ2) is 10.4. The molecule has 6 heteroatoms. The van der Waals surface area contributed by atoms with Crippen molar-refractivity contribution in [3.8, 4) is 22.6 Å². The van der Waals surface area contributed by atoms with Crippen LogP contribution in [0.3, 0.4) is 0 Å². The Balaban J connectivity index is 1.79. The van der Waals surface area contributed by atoms with Crippen molar-refractivity contribution >= 4 is 12.3 Å². The number of hydrogen-bond acceptors (Lipinski definition) is 6. The zero-order chi connectivity index (χ0) is 29.4. The fourth-order valence-corrected chi connectivity index (χ4v) is 5.41. The molecule has 0 amide bonds. The van der Waals surface area contributed by atoms with E-state index in [-0.39, 0.29) is 0 Å². The zero-order valence-corrected chi connectivity index (χ0v) is 24.2. The van der Waals surface area contributed by atoms with Crippen molar-refractivity contribution in [3.63, 3.8) is 0 Å². The Bertz CT molecular complexity index is 1480. The van der Waals surface area contributed by atoms with Gasteiger partial charge in [0.1, 0.15) is 22.7 Å². The summed E-state index contributed by atoms with van der Waals surface area (Å²) in [5.41, 5.74) is 2.90. The Hall–Kier alpha value is -4.58. The molecule has 0 N–H and O–H groups in total. The van der Waals surface area contributed by atoms with Crippen LogP contribution in [0.15, 0.2) is 97.1 Å². The summed E-state index contributed by atoms with van der Waals surface area (Å²) >= 11 is 0. The molecule has 0 atom stereocenters. The average Bonchev–Trinajstić information content (AvgIpc) is 3.18. The monoisotopic (exact) mass is 550 g/mol. The number of carbonyl (C=O) groups excluding carboxylic acids is 2. The van der Waals surface area contributed by atoms with Gasteiger partial charge in [-0.2, -0.15) is 0 Å². The van der Waals surface area contributed by atoms with Crippen LogP contribution in [0.4, 0.5) is 9.59 Å². The van der Waals surface area contributed by atoms with E-state index in [9.17, 15) is 9.59 Å². The molecule has 0 bridgehead atoms. The molecule has 0 radical (unpaired) electrons. The third kappa shape index (κ3) is 5.42. The average molecular weight is 551 g/mol. The lowest BCUT2D eigenvalue weighted by atomic mass is 9.67. The van der Waals surface area contributed by atoms with Crippen molar-refractivity contribution in [2.24, 2.45) is 0 Å². The van der Waals surface area contributed by atoms with Crippen molar-refractivity contribution in [1.29, 1.82) is 0 Å². The SMILES string of the molecule is CC(C)(C)OC(=O)Oc1ccccc1C1(c2ccccc2OC(=O)OC(C)(C)C)c2ccccc2-c2ccccc21. The summed E-state index contributed by atoms with van der Waals surface area (Å²) in [6.45, 7) is 10.7. The van der Waals surface area contributed by atoms with Gasteiger partial charge in [-0.15, -0.1) is 0 Å². The molecule has 4 aromatic carbocycles. The topological polar surface area (TPSA) is 71.1 Å². The Morgan fingerprint density at radius 1 is 0.488 bits per heavy atom. The lowest BCUT2D eigenvalue weighted by molar-refractivity contribution is 0.0193. The van der Waals surface area contributed by atoms with E-state index < -0.39 is 28.9 Å². The van der Waals surface area contributed by atoms with E-state index in [1.165, 1.54) is 0 Å². The standard InChI is InChI=1S/C35H34O6/c1-33(2,3)40-31(36)38-29-21-13-11-19-27(29)35(25-17-9-7-15-23(25)24-16-8-10-18-26(24)35)28-20-12-14-22-30(28)39-32(37)41-34(4,5)6/h7-22H,1-6H3. The third-order valence-corrected chi connectivity index (χ3v) is 6.70. The van der Waals surface area contributed by atoms with Crippen LogP contribution >= 0.6 is 0 Å². The highest BCUT2D eigenvalue weighted by molar-refractivity contribution is 5.88. The lowest BCUT2D eigenvalue weighted by Crippen LogP contribution is -2.32. The van der Waals surface area contributed by atoms with E-state index >= 15 is 0 Å². The highest BCUT2D eigenvalue weighted by Gasteiger charge is 2.49. The number of hydrogen-bond donors (Lipinski definition) is 0. The van der Waals surface area contributed by atoms with Crippen molar-refractivity contribution in [1.82, 2.24) is 0 Å². The Labute approximate surface area is 240 Å². The molecule has 5 rings (SSSR count). The second-order valence-corrected chi connectivity index (χ2v) is 12.0. The number of para-hydroxylation sites is 2. The van der Waals surface area contributed by atoms with Gasteiger partial charge in [-0.3, -0.25) is 0 Å². The van der Waals surface area contributed by atoms with Gasteiger partial charge in [0, 0.05) is 11.1 Å². The van der Waals surface area contributed by atoms with Crippen molar-refractivity contribution < 1.29 is 28.5 Å². The zero-order valence-electron chi connectivity index (χ0n) is 24.2. The fourth-order valence-electron chi connectivity index (χ4n) is 5.41. The molecule has 6 nitrogen and oxygen atoms in total. The Morgan fingerprint density at radius 2 is 0.805 bits per heavy atom. The maximum atomic E-state index is 12.9. The molecule has 1 aliphatic rings. The minimum atomic E-state index is -1.01. The summed E-state index contributed by atoms with van der Waals surface area (Å²) in [6, 6.07) is 31.0. The maximum Gasteiger partial charge on any atom is 0.514 e. The van der Waals surface area contributed by atoms with Gasteiger partial charge >= 0.3 is 12.3 Å². The number of rotatable bonds is 4. The molecule has 0 unspecified atom stereocenters. The molecule has 0 saturated carbocycles. The predicted octanol–water partition coefficient (Wildman–Crippen LogP) is 8.68. The van der Waals surface area contributed by atoms with Gasteiger partial charge in [0.2, 0.25) is 0 Å². The van der Waals surface area contributed by atoms with Crippen LogP contribution in [0.1, 0.15) is 63.8 Å². The normalized spacial score (nSPS) is 13.5. The summed E-state index contributed by atoms with van der Waals surface area (Å²) in [5.74, 6) is 0.667. The second-order valence-electron chi connectivity index (χ2n) is 12.0. The molecule has 210 valence electrons. The first-order chi connectivity index (χ1) is 19.4. The highest BCUT2D eigenvalue weighted by Crippen LogP contribution is 2.59. The third-order valence-electron chi connectivity index (χ3n) is 6.70. The van der Waals surface area contributed by atoms with Crippen molar-refractivity contribution in [2.75, 3.05) is 0 Å². The van der Waals surface area contributed by atoms with Crippen molar-refractivity contribution in [2.45, 2.75) is 58.2 Å². The molecule has 0 aliphatic heterocycles. The lowest BCUT2D eigenvalue weighted by Gasteiger charge is -2.35. The van der Waals surface area contributed by atoms with Crippen LogP contribution in [0, 0.1) is 0 Å². The first-order valence-electron chi connectivity index (χ1n) is 13.6. The molecule has 0 heterocycles.